The lowest BCUT2D eigenvalue weighted by Gasteiger charge is -2.02. The van der Waals surface area contributed by atoms with Crippen molar-refractivity contribution < 1.29 is 24.7 Å². The molecule has 0 bridgehead atoms. The minimum atomic E-state index is -3.03. The van der Waals surface area contributed by atoms with E-state index in [0.717, 1.165) is 0 Å². The molecule has 0 aliphatic heterocycles. The molecule has 96 valence electrons. The molecule has 0 saturated carbocycles. The van der Waals surface area contributed by atoms with E-state index in [-0.39, 0.29) is 0 Å². The van der Waals surface area contributed by atoms with Crippen molar-refractivity contribution in [2.24, 2.45) is 0 Å². The van der Waals surface area contributed by atoms with Crippen molar-refractivity contribution in [2.45, 2.75) is 11.7 Å². The molecule has 0 spiro atoms. The Balaban J connectivity index is 2.50. The van der Waals surface area contributed by atoms with Gasteiger partial charge in [-0.2, -0.15) is 8.78 Å². The zero-order chi connectivity index (χ0) is 15.1. The minimum absolute atomic E-state index is 0.526. The summed E-state index contributed by atoms with van der Waals surface area (Å²) in [4.78, 5) is 0. The van der Waals surface area contributed by atoms with Crippen molar-refractivity contribution in [3.63, 3.8) is 0 Å². The van der Waals surface area contributed by atoms with Gasteiger partial charge in [0.25, 0.3) is 11.8 Å². The highest BCUT2D eigenvalue weighted by Gasteiger charge is 2.20. The van der Waals surface area contributed by atoms with Crippen molar-refractivity contribution in [3.05, 3.63) is 35.2 Å². The van der Waals surface area contributed by atoms with Gasteiger partial charge in [0.1, 0.15) is 11.6 Å². The van der Waals surface area contributed by atoms with Gasteiger partial charge in [0, 0.05) is 13.6 Å². The first-order chi connectivity index (χ1) is 9.20. The van der Waals surface area contributed by atoms with Crippen LogP contribution in [0.4, 0.5) is 17.6 Å². The lowest BCUT2D eigenvalue weighted by Crippen LogP contribution is -1.92. The number of rotatable bonds is 3. The van der Waals surface area contributed by atoms with Crippen LogP contribution in [-0.2, 0) is 5.28 Å². The summed E-state index contributed by atoms with van der Waals surface area (Å²) in [5.41, 5.74) is -1.10. The van der Waals surface area contributed by atoms with E-state index in [4.69, 9.17) is 2.74 Å². The van der Waals surface area contributed by atoms with Gasteiger partial charge >= 0.3 is 6.43 Å². The van der Waals surface area contributed by atoms with Crippen LogP contribution in [0.5, 0.6) is 0 Å². The molecule has 0 atom stereocenters. The van der Waals surface area contributed by atoms with Crippen LogP contribution < -0.4 is 0 Å². The minimum Gasteiger partial charge on any atom is -0.415 e. The maximum atomic E-state index is 13.8. The SMILES string of the molecule is [2H]C([2H])(Br)c1cc(F)c(-c2nnc(C(F)F)o2)cc1F. The molecule has 0 N–H and O–H groups in total. The van der Waals surface area contributed by atoms with E-state index in [1.807, 2.05) is 0 Å². The summed E-state index contributed by atoms with van der Waals surface area (Å²) in [6.07, 6.45) is -3.03. The van der Waals surface area contributed by atoms with Crippen molar-refractivity contribution in [1.82, 2.24) is 10.2 Å². The second-order valence-electron chi connectivity index (χ2n) is 3.15. The summed E-state index contributed by atoms with van der Waals surface area (Å²) in [6, 6.07) is 1.19. The summed E-state index contributed by atoms with van der Waals surface area (Å²) in [5.74, 6) is -3.78. The highest BCUT2D eigenvalue weighted by Crippen LogP contribution is 2.27. The molecule has 0 amide bonds. The molecule has 0 fully saturated rings. The van der Waals surface area contributed by atoms with Crippen molar-refractivity contribution in [3.8, 4) is 11.5 Å². The van der Waals surface area contributed by atoms with Crippen LogP contribution in [-0.4, -0.2) is 10.2 Å². The summed E-state index contributed by atoms with van der Waals surface area (Å²) in [6.45, 7) is 0. The molecule has 18 heavy (non-hydrogen) atoms. The van der Waals surface area contributed by atoms with Crippen molar-refractivity contribution in [1.29, 1.82) is 0 Å². The van der Waals surface area contributed by atoms with Gasteiger partial charge in [-0.1, -0.05) is 15.9 Å². The van der Waals surface area contributed by atoms with Gasteiger partial charge in [-0.3, -0.25) is 0 Å². The first kappa shape index (κ1) is 10.5. The van der Waals surface area contributed by atoms with Crippen molar-refractivity contribution in [2.75, 3.05) is 0 Å². The van der Waals surface area contributed by atoms with Gasteiger partial charge in [-0.25, -0.2) is 8.78 Å². The Labute approximate surface area is 110 Å². The molecular weight excluding hydrogens is 320 g/mol. The molecule has 0 aliphatic rings. The van der Waals surface area contributed by atoms with Gasteiger partial charge in [0.2, 0.25) is 0 Å². The zero-order valence-electron chi connectivity index (χ0n) is 10.4. The van der Waals surface area contributed by atoms with Gasteiger partial charge in [-0.15, -0.1) is 10.2 Å². The fraction of sp³-hybridized carbons (Fsp3) is 0.200. The van der Waals surface area contributed by atoms with Crippen LogP contribution in [0.1, 0.15) is 20.6 Å². The van der Waals surface area contributed by atoms with E-state index in [1.165, 1.54) is 0 Å². The Bertz CT molecular complexity index is 645. The maximum Gasteiger partial charge on any atom is 0.314 e. The van der Waals surface area contributed by atoms with Gasteiger partial charge in [0.15, 0.2) is 0 Å². The molecule has 8 heteroatoms. The summed E-state index contributed by atoms with van der Waals surface area (Å²) in [7, 11) is 0. The molecule has 1 aromatic heterocycles. The lowest BCUT2D eigenvalue weighted by molar-refractivity contribution is 0.116. The number of halogens is 5. The smallest absolute Gasteiger partial charge is 0.314 e. The van der Waals surface area contributed by atoms with E-state index in [2.05, 4.69) is 30.5 Å². The number of alkyl halides is 3. The van der Waals surface area contributed by atoms with Gasteiger partial charge in [0.05, 0.1) is 5.56 Å². The first-order valence-electron chi connectivity index (χ1n) is 5.50. The Morgan fingerprint density at radius 2 is 2.00 bits per heavy atom. The maximum absolute atomic E-state index is 13.8. The third-order valence-corrected chi connectivity index (χ3v) is 2.44. The molecule has 0 saturated heterocycles. The number of nitrogens with zero attached hydrogens (tertiary/aromatic N) is 2. The topological polar surface area (TPSA) is 38.9 Å². The first-order valence-corrected chi connectivity index (χ1v) is 5.30. The second-order valence-corrected chi connectivity index (χ2v) is 3.55. The van der Waals surface area contributed by atoms with Crippen LogP contribution in [0.2, 0.25) is 0 Å². The highest BCUT2D eigenvalue weighted by atomic mass is 79.9. The predicted octanol–water partition coefficient (Wildman–Crippen LogP) is 3.85. The lowest BCUT2D eigenvalue weighted by atomic mass is 10.1. The Morgan fingerprint density at radius 1 is 1.28 bits per heavy atom. The number of aromatic nitrogens is 2. The van der Waals surface area contributed by atoms with E-state index >= 15 is 0 Å². The highest BCUT2D eigenvalue weighted by molar-refractivity contribution is 9.08. The monoisotopic (exact) mass is 326 g/mol. The average Bonchev–Trinajstić information content (AvgIpc) is 2.79. The predicted molar refractivity (Wildman–Crippen MR) is 57.2 cm³/mol. The van der Waals surface area contributed by atoms with Crippen LogP contribution in [0.3, 0.4) is 0 Å². The number of hydrogen-bond acceptors (Lipinski definition) is 3. The normalized spacial score (nSPS) is 13.7. The molecule has 0 aliphatic carbocycles. The molecule has 0 unspecified atom stereocenters. The quantitative estimate of drug-likeness (QED) is 0.635. The van der Waals surface area contributed by atoms with Crippen LogP contribution >= 0.6 is 15.9 Å². The van der Waals surface area contributed by atoms with Crippen LogP contribution in [0, 0.1) is 11.6 Å². The van der Waals surface area contributed by atoms with Crippen molar-refractivity contribution >= 4 is 15.9 Å². The molecule has 3 nitrogen and oxygen atoms in total. The van der Waals surface area contributed by atoms with E-state index in [1.54, 1.807) is 0 Å². The molecular formula is C10H5BrF4N2O. The van der Waals surface area contributed by atoms with E-state index in [9.17, 15) is 17.6 Å². The molecule has 2 rings (SSSR count). The Kier molecular flexibility index (Phi) is 2.94. The number of benzene rings is 1. The third kappa shape index (κ3) is 2.38. The molecule has 1 heterocycles. The summed E-state index contributed by atoms with van der Waals surface area (Å²) >= 11 is 2.55. The number of hydrogen-bond donors (Lipinski definition) is 0. The summed E-state index contributed by atoms with van der Waals surface area (Å²) in [5, 5.41) is 3.91. The van der Waals surface area contributed by atoms with Gasteiger partial charge < -0.3 is 4.42 Å². The van der Waals surface area contributed by atoms with Crippen LogP contribution in [0.15, 0.2) is 16.5 Å². The van der Waals surface area contributed by atoms with E-state index in [0.29, 0.717) is 12.1 Å². The fourth-order valence-electron chi connectivity index (χ4n) is 1.21. The average molecular weight is 327 g/mol. The largest absolute Gasteiger partial charge is 0.415 e. The second kappa shape index (κ2) is 5.05. The van der Waals surface area contributed by atoms with E-state index < -0.39 is 46.3 Å². The molecule has 2 aromatic rings. The zero-order valence-corrected chi connectivity index (χ0v) is 10.0. The standard InChI is InChI=1S/C10H5BrF4N2O/c11-3-4-1-7(13)5(2-6(4)12)9-16-17-10(18-9)8(14)15/h1-2,8H,3H2/i3D2. The third-order valence-electron chi connectivity index (χ3n) is 2.02. The Hall–Kier alpha value is -1.44. The molecule has 1 aromatic carbocycles. The molecule has 0 radical (unpaired) electrons. The summed E-state index contributed by atoms with van der Waals surface area (Å²) < 4.78 is 71.1. The van der Waals surface area contributed by atoms with Crippen LogP contribution in [0.25, 0.3) is 11.5 Å². The fourth-order valence-corrected chi connectivity index (χ4v) is 1.52. The van der Waals surface area contributed by atoms with Gasteiger partial charge in [-0.05, 0) is 12.1 Å². The Morgan fingerprint density at radius 3 is 2.56 bits per heavy atom.